The van der Waals surface area contributed by atoms with Gasteiger partial charge in [0.25, 0.3) is 0 Å². The molecule has 0 bridgehead atoms. The maximum atomic E-state index is 6.54. The van der Waals surface area contributed by atoms with Gasteiger partial charge in [-0.15, -0.1) is 0 Å². The Morgan fingerprint density at radius 3 is 1.96 bits per heavy atom. The van der Waals surface area contributed by atoms with Gasteiger partial charge >= 0.3 is 0 Å². The van der Waals surface area contributed by atoms with Crippen LogP contribution in [-0.2, 0) is 4.74 Å². The smallest absolute Gasteiger partial charge is 0.113 e. The molecule has 0 saturated carbocycles. The first-order valence-corrected chi connectivity index (χ1v) is 9.36. The molecule has 0 spiro atoms. The fourth-order valence-electron chi connectivity index (χ4n) is 4.24. The second-order valence-electron chi connectivity index (χ2n) is 6.91. The van der Waals surface area contributed by atoms with E-state index in [0.29, 0.717) is 6.04 Å². The van der Waals surface area contributed by atoms with E-state index in [1.165, 1.54) is 48.1 Å². The molecule has 128 valence electrons. The number of nitrogens with zero attached hydrogens (tertiary/aromatic N) is 1. The molecule has 24 heavy (non-hydrogen) atoms. The lowest BCUT2D eigenvalue weighted by Crippen LogP contribution is -2.53. The normalized spacial score (nSPS) is 19.7. The molecule has 2 heteroatoms. The van der Waals surface area contributed by atoms with Crippen LogP contribution in [-0.4, -0.2) is 36.8 Å². The number of hydrogen-bond donors (Lipinski definition) is 0. The molecule has 0 N–H and O–H groups in total. The molecule has 1 heterocycles. The number of rotatable bonds is 7. The summed E-state index contributed by atoms with van der Waals surface area (Å²) in [5.41, 5.74) is 2.49. The first-order chi connectivity index (χ1) is 11.8. The molecule has 0 radical (unpaired) electrons. The predicted molar refractivity (Wildman–Crippen MR) is 99.9 cm³/mol. The van der Waals surface area contributed by atoms with Crippen LogP contribution in [0.25, 0.3) is 0 Å². The zero-order valence-corrected chi connectivity index (χ0v) is 15.0. The van der Waals surface area contributed by atoms with Crippen molar-refractivity contribution in [3.8, 4) is 0 Å². The standard InChI is InChI=1S/C22H30NO/c1-3-23(4-2)17-11-16-21(23)18-24-22(19-12-7-5-8-13-19)20-14-9-6-10-15-20/h5-10,12-15,21-22H,3-4,11,16-18H2,1-2H3/q+1. The second kappa shape index (κ2) is 7.96. The van der Waals surface area contributed by atoms with Crippen LogP contribution in [0.5, 0.6) is 0 Å². The average Bonchev–Trinajstić information content (AvgIpc) is 3.07. The first-order valence-electron chi connectivity index (χ1n) is 9.36. The molecular formula is C22H30NO+. The van der Waals surface area contributed by atoms with E-state index in [-0.39, 0.29) is 6.10 Å². The van der Waals surface area contributed by atoms with E-state index in [9.17, 15) is 0 Å². The van der Waals surface area contributed by atoms with E-state index in [2.05, 4.69) is 74.5 Å². The average molecular weight is 324 g/mol. The Morgan fingerprint density at radius 1 is 0.917 bits per heavy atom. The van der Waals surface area contributed by atoms with Crippen molar-refractivity contribution in [2.75, 3.05) is 26.2 Å². The highest BCUT2D eigenvalue weighted by atomic mass is 16.5. The number of likely N-dealkylation sites (N-methyl/N-ethyl adjacent to an activating group) is 1. The van der Waals surface area contributed by atoms with Crippen molar-refractivity contribution in [2.45, 2.75) is 38.8 Å². The van der Waals surface area contributed by atoms with Crippen LogP contribution < -0.4 is 0 Å². The zero-order chi connectivity index (χ0) is 16.8. The molecule has 3 rings (SSSR count). The monoisotopic (exact) mass is 324 g/mol. The van der Waals surface area contributed by atoms with Crippen LogP contribution in [0.1, 0.15) is 43.9 Å². The molecule has 2 aromatic rings. The van der Waals surface area contributed by atoms with E-state index in [4.69, 9.17) is 4.74 Å². The maximum Gasteiger partial charge on any atom is 0.113 e. The van der Waals surface area contributed by atoms with Crippen LogP contribution in [0.15, 0.2) is 60.7 Å². The largest absolute Gasteiger partial charge is 0.363 e. The molecule has 1 unspecified atom stereocenters. The van der Waals surface area contributed by atoms with E-state index in [1.807, 2.05) is 0 Å². The first kappa shape index (κ1) is 17.2. The van der Waals surface area contributed by atoms with Crippen molar-refractivity contribution in [3.05, 3.63) is 71.8 Å². The van der Waals surface area contributed by atoms with Crippen LogP contribution in [0.3, 0.4) is 0 Å². The molecule has 1 aliphatic rings. The Bertz CT molecular complexity index is 567. The summed E-state index contributed by atoms with van der Waals surface area (Å²) >= 11 is 0. The van der Waals surface area contributed by atoms with Gasteiger partial charge < -0.3 is 9.22 Å². The summed E-state index contributed by atoms with van der Waals surface area (Å²) < 4.78 is 7.76. The fourth-order valence-corrected chi connectivity index (χ4v) is 4.24. The van der Waals surface area contributed by atoms with Crippen LogP contribution >= 0.6 is 0 Å². The number of likely N-dealkylation sites (tertiary alicyclic amines) is 1. The maximum absolute atomic E-state index is 6.54. The summed E-state index contributed by atoms with van der Waals surface area (Å²) in [5.74, 6) is 0. The third kappa shape index (κ3) is 3.55. The lowest BCUT2D eigenvalue weighted by atomic mass is 10.0. The van der Waals surface area contributed by atoms with Gasteiger partial charge in [0.1, 0.15) is 12.1 Å². The van der Waals surface area contributed by atoms with Gasteiger partial charge in [0.2, 0.25) is 0 Å². The number of benzene rings is 2. The third-order valence-corrected chi connectivity index (χ3v) is 5.83. The van der Waals surface area contributed by atoms with E-state index >= 15 is 0 Å². The molecule has 1 fully saturated rings. The molecule has 0 amide bonds. The van der Waals surface area contributed by atoms with Crippen LogP contribution in [0.2, 0.25) is 0 Å². The number of quaternary nitrogens is 1. The highest BCUT2D eigenvalue weighted by Gasteiger charge is 2.39. The Hall–Kier alpha value is -1.64. The summed E-state index contributed by atoms with van der Waals surface area (Å²) in [4.78, 5) is 0. The highest BCUT2D eigenvalue weighted by Crippen LogP contribution is 2.31. The van der Waals surface area contributed by atoms with Gasteiger partial charge in [-0.1, -0.05) is 60.7 Å². The van der Waals surface area contributed by atoms with Gasteiger partial charge in [0, 0.05) is 12.8 Å². The van der Waals surface area contributed by atoms with Crippen molar-refractivity contribution >= 4 is 0 Å². The summed E-state index contributed by atoms with van der Waals surface area (Å²) in [5, 5.41) is 0. The summed E-state index contributed by atoms with van der Waals surface area (Å²) in [7, 11) is 0. The second-order valence-corrected chi connectivity index (χ2v) is 6.91. The summed E-state index contributed by atoms with van der Waals surface area (Å²) in [6.45, 7) is 9.23. The fraction of sp³-hybridized carbons (Fsp3) is 0.455. The minimum absolute atomic E-state index is 0.0311. The predicted octanol–water partition coefficient (Wildman–Crippen LogP) is 4.81. The zero-order valence-electron chi connectivity index (χ0n) is 15.0. The van der Waals surface area contributed by atoms with Gasteiger partial charge in [0.15, 0.2) is 0 Å². The SMILES string of the molecule is CC[N+]1(CC)CCCC1COC(c1ccccc1)c1ccccc1. The minimum atomic E-state index is 0.0311. The third-order valence-electron chi connectivity index (χ3n) is 5.83. The Kier molecular flexibility index (Phi) is 5.70. The van der Waals surface area contributed by atoms with E-state index in [0.717, 1.165) is 6.61 Å². The van der Waals surface area contributed by atoms with Crippen molar-refractivity contribution in [1.29, 1.82) is 0 Å². The molecule has 1 atom stereocenters. The van der Waals surface area contributed by atoms with E-state index < -0.39 is 0 Å². The Balaban J connectivity index is 1.78. The summed E-state index contributed by atoms with van der Waals surface area (Å²) in [6, 6.07) is 21.9. The van der Waals surface area contributed by atoms with Gasteiger partial charge in [-0.3, -0.25) is 0 Å². The van der Waals surface area contributed by atoms with Gasteiger partial charge in [-0.2, -0.15) is 0 Å². The molecule has 2 nitrogen and oxygen atoms in total. The molecule has 1 aliphatic heterocycles. The van der Waals surface area contributed by atoms with Crippen molar-refractivity contribution in [3.63, 3.8) is 0 Å². The molecule has 0 aromatic heterocycles. The Labute approximate surface area is 146 Å². The van der Waals surface area contributed by atoms with Gasteiger partial charge in [-0.25, -0.2) is 0 Å². The molecule has 2 aromatic carbocycles. The minimum Gasteiger partial charge on any atom is -0.363 e. The van der Waals surface area contributed by atoms with Crippen molar-refractivity contribution < 1.29 is 9.22 Å². The lowest BCUT2D eigenvalue weighted by Gasteiger charge is -2.39. The summed E-state index contributed by atoms with van der Waals surface area (Å²) in [6.07, 6.45) is 2.65. The lowest BCUT2D eigenvalue weighted by molar-refractivity contribution is -0.936. The topological polar surface area (TPSA) is 9.23 Å². The van der Waals surface area contributed by atoms with Crippen LogP contribution in [0.4, 0.5) is 0 Å². The van der Waals surface area contributed by atoms with Gasteiger partial charge in [0.05, 0.1) is 26.2 Å². The van der Waals surface area contributed by atoms with Crippen LogP contribution in [0, 0.1) is 0 Å². The molecule has 0 aliphatic carbocycles. The highest BCUT2D eigenvalue weighted by molar-refractivity contribution is 5.29. The molecule has 1 saturated heterocycles. The molecular weight excluding hydrogens is 294 g/mol. The van der Waals surface area contributed by atoms with Gasteiger partial charge in [-0.05, 0) is 25.0 Å². The number of ether oxygens (including phenoxy) is 1. The van der Waals surface area contributed by atoms with E-state index in [1.54, 1.807) is 0 Å². The number of hydrogen-bond acceptors (Lipinski definition) is 1. The Morgan fingerprint density at radius 2 is 1.46 bits per heavy atom. The van der Waals surface area contributed by atoms with Crippen molar-refractivity contribution in [2.24, 2.45) is 0 Å². The quantitative estimate of drug-likeness (QED) is 0.664. The van der Waals surface area contributed by atoms with Crippen molar-refractivity contribution in [1.82, 2.24) is 0 Å².